The minimum atomic E-state index is -0.204. The summed E-state index contributed by atoms with van der Waals surface area (Å²) in [6.45, 7) is 1.95. The number of carbonyl (C=O) groups is 1. The first kappa shape index (κ1) is 18.2. The summed E-state index contributed by atoms with van der Waals surface area (Å²) in [7, 11) is 0. The summed E-state index contributed by atoms with van der Waals surface area (Å²) in [6.07, 6.45) is 5.80. The molecule has 136 valence electrons. The fraction of sp³-hybridized carbons (Fsp3) is 0.278. The van der Waals surface area contributed by atoms with Crippen molar-refractivity contribution in [3.8, 4) is 11.3 Å². The number of aromatic nitrogens is 4. The Morgan fingerprint density at radius 2 is 2.19 bits per heavy atom. The Balaban J connectivity index is 0.00000196. The van der Waals surface area contributed by atoms with Gasteiger partial charge < -0.3 is 10.6 Å². The molecule has 0 spiro atoms. The van der Waals surface area contributed by atoms with E-state index in [0.29, 0.717) is 11.7 Å². The molecule has 1 aromatic carbocycles. The molecule has 2 aromatic heterocycles. The number of nitrogens with one attached hydrogen (secondary N) is 3. The van der Waals surface area contributed by atoms with E-state index in [1.165, 1.54) is 0 Å². The highest BCUT2D eigenvalue weighted by atomic mass is 35.5. The lowest BCUT2D eigenvalue weighted by Crippen LogP contribution is -2.32. The second-order valence-corrected chi connectivity index (χ2v) is 6.19. The van der Waals surface area contributed by atoms with E-state index in [-0.39, 0.29) is 18.3 Å². The van der Waals surface area contributed by atoms with Crippen LogP contribution < -0.4 is 10.6 Å². The maximum Gasteiger partial charge on any atom is 0.276 e. The van der Waals surface area contributed by atoms with Crippen LogP contribution >= 0.6 is 12.4 Å². The predicted octanol–water partition coefficient (Wildman–Crippen LogP) is 2.87. The van der Waals surface area contributed by atoms with E-state index in [1.807, 2.05) is 41.2 Å². The van der Waals surface area contributed by atoms with Gasteiger partial charge in [0.25, 0.3) is 5.91 Å². The third-order valence-electron chi connectivity index (χ3n) is 4.42. The van der Waals surface area contributed by atoms with Crippen LogP contribution in [-0.4, -0.2) is 39.0 Å². The van der Waals surface area contributed by atoms with Crippen LogP contribution in [0.25, 0.3) is 11.3 Å². The standard InChI is InChI=1S/C18H20N6O.ClH/c25-18(17-7-10-24(23-17)15-5-2-8-19-12-15)21-14-4-1-3-13(11-14)16-6-9-20-22-16;/h1,3-4,6-7,9-11,15,19H,2,5,8,12H2,(H,20,22)(H,21,25);1H. The van der Waals surface area contributed by atoms with Gasteiger partial charge in [0.1, 0.15) is 0 Å². The van der Waals surface area contributed by atoms with Gasteiger partial charge in [-0.25, -0.2) is 0 Å². The molecule has 7 nitrogen and oxygen atoms in total. The summed E-state index contributed by atoms with van der Waals surface area (Å²) in [5.41, 5.74) is 3.03. The van der Waals surface area contributed by atoms with Crippen molar-refractivity contribution in [2.24, 2.45) is 0 Å². The summed E-state index contributed by atoms with van der Waals surface area (Å²) in [4.78, 5) is 12.5. The number of aromatic amines is 1. The van der Waals surface area contributed by atoms with Gasteiger partial charge in [-0.15, -0.1) is 12.4 Å². The number of benzene rings is 1. The van der Waals surface area contributed by atoms with Gasteiger partial charge >= 0.3 is 0 Å². The van der Waals surface area contributed by atoms with E-state index >= 15 is 0 Å². The summed E-state index contributed by atoms with van der Waals surface area (Å²) in [6, 6.07) is 11.6. The van der Waals surface area contributed by atoms with Gasteiger partial charge in [-0.05, 0) is 43.7 Å². The monoisotopic (exact) mass is 372 g/mol. The first-order valence-electron chi connectivity index (χ1n) is 8.46. The van der Waals surface area contributed by atoms with Crippen LogP contribution in [0.5, 0.6) is 0 Å². The van der Waals surface area contributed by atoms with Gasteiger partial charge in [-0.3, -0.25) is 14.6 Å². The molecule has 1 unspecified atom stereocenters. The summed E-state index contributed by atoms with van der Waals surface area (Å²) >= 11 is 0. The number of hydrogen-bond donors (Lipinski definition) is 3. The average molecular weight is 373 g/mol. The van der Waals surface area contributed by atoms with E-state index < -0.39 is 0 Å². The number of H-pyrrole nitrogens is 1. The van der Waals surface area contributed by atoms with Gasteiger partial charge in [0.2, 0.25) is 0 Å². The largest absolute Gasteiger partial charge is 0.321 e. The van der Waals surface area contributed by atoms with Crippen LogP contribution in [0.4, 0.5) is 5.69 Å². The topological polar surface area (TPSA) is 87.6 Å². The van der Waals surface area contributed by atoms with Crippen LogP contribution in [0.3, 0.4) is 0 Å². The first-order chi connectivity index (χ1) is 12.3. The molecule has 0 aliphatic carbocycles. The predicted molar refractivity (Wildman–Crippen MR) is 103 cm³/mol. The lowest BCUT2D eigenvalue weighted by molar-refractivity contribution is 0.102. The Hall–Kier alpha value is -2.64. The molecule has 26 heavy (non-hydrogen) atoms. The molecular weight excluding hydrogens is 352 g/mol. The van der Waals surface area contributed by atoms with Gasteiger partial charge in [0.05, 0.1) is 11.7 Å². The minimum absolute atomic E-state index is 0. The van der Waals surface area contributed by atoms with Crippen molar-refractivity contribution in [1.29, 1.82) is 0 Å². The Morgan fingerprint density at radius 3 is 2.96 bits per heavy atom. The smallest absolute Gasteiger partial charge is 0.276 e. The first-order valence-corrected chi connectivity index (χ1v) is 8.46. The molecule has 0 radical (unpaired) electrons. The van der Waals surface area contributed by atoms with Crippen LogP contribution in [0.1, 0.15) is 29.4 Å². The zero-order valence-corrected chi connectivity index (χ0v) is 15.0. The van der Waals surface area contributed by atoms with Gasteiger partial charge in [0, 0.05) is 30.2 Å². The molecule has 3 heterocycles. The number of anilines is 1. The lowest BCUT2D eigenvalue weighted by atomic mass is 10.1. The molecule has 8 heteroatoms. The van der Waals surface area contributed by atoms with Crippen molar-refractivity contribution in [3.05, 3.63) is 54.5 Å². The summed E-state index contributed by atoms with van der Waals surface area (Å²) in [5.74, 6) is -0.204. The van der Waals surface area contributed by atoms with Crippen molar-refractivity contribution in [2.75, 3.05) is 18.4 Å². The number of piperidine rings is 1. The molecular formula is C18H21ClN6O. The number of amides is 1. The molecule has 1 atom stereocenters. The van der Waals surface area contributed by atoms with E-state index in [1.54, 1.807) is 12.3 Å². The Morgan fingerprint density at radius 1 is 1.27 bits per heavy atom. The number of rotatable bonds is 4. The average Bonchev–Trinajstić information content (AvgIpc) is 3.35. The fourth-order valence-corrected chi connectivity index (χ4v) is 3.10. The van der Waals surface area contributed by atoms with Gasteiger partial charge in [-0.1, -0.05) is 12.1 Å². The zero-order chi connectivity index (χ0) is 17.1. The number of hydrogen-bond acceptors (Lipinski definition) is 4. The molecule has 1 saturated heterocycles. The lowest BCUT2D eigenvalue weighted by Gasteiger charge is -2.22. The van der Waals surface area contributed by atoms with Gasteiger partial charge in [0.15, 0.2) is 5.69 Å². The van der Waals surface area contributed by atoms with Crippen LogP contribution in [-0.2, 0) is 0 Å². The molecule has 3 aromatic rings. The highest BCUT2D eigenvalue weighted by molar-refractivity contribution is 6.03. The third kappa shape index (κ3) is 3.95. The second-order valence-electron chi connectivity index (χ2n) is 6.19. The SMILES string of the molecule is Cl.O=C(Nc1cccc(-c2ccn[nH]2)c1)c1ccn(C2CCCNC2)n1. The summed E-state index contributed by atoms with van der Waals surface area (Å²) in [5, 5.41) is 17.6. The Bertz CT molecular complexity index is 854. The molecule has 1 aliphatic heterocycles. The Labute approximate surface area is 157 Å². The third-order valence-corrected chi connectivity index (χ3v) is 4.42. The quantitative estimate of drug-likeness (QED) is 0.657. The van der Waals surface area contributed by atoms with Crippen molar-refractivity contribution >= 4 is 24.0 Å². The van der Waals surface area contributed by atoms with Crippen LogP contribution in [0, 0.1) is 0 Å². The molecule has 1 fully saturated rings. The molecule has 0 saturated carbocycles. The van der Waals surface area contributed by atoms with E-state index in [0.717, 1.165) is 42.9 Å². The molecule has 3 N–H and O–H groups in total. The molecule has 1 aliphatic rings. The highest BCUT2D eigenvalue weighted by Gasteiger charge is 2.17. The van der Waals surface area contributed by atoms with E-state index in [2.05, 4.69) is 25.9 Å². The number of nitrogens with zero attached hydrogens (tertiary/aromatic N) is 3. The van der Waals surface area contributed by atoms with Crippen molar-refractivity contribution in [1.82, 2.24) is 25.3 Å². The van der Waals surface area contributed by atoms with Crippen LogP contribution in [0.2, 0.25) is 0 Å². The van der Waals surface area contributed by atoms with Crippen molar-refractivity contribution in [3.63, 3.8) is 0 Å². The normalized spacial score (nSPS) is 16.7. The summed E-state index contributed by atoms with van der Waals surface area (Å²) < 4.78 is 1.89. The number of carbonyl (C=O) groups excluding carboxylic acids is 1. The maximum absolute atomic E-state index is 12.5. The molecule has 0 bridgehead atoms. The minimum Gasteiger partial charge on any atom is -0.321 e. The fourth-order valence-electron chi connectivity index (χ4n) is 3.10. The van der Waals surface area contributed by atoms with Crippen molar-refractivity contribution < 1.29 is 4.79 Å². The number of halogens is 1. The van der Waals surface area contributed by atoms with Crippen LogP contribution in [0.15, 0.2) is 48.8 Å². The Kier molecular flexibility index (Phi) is 5.70. The van der Waals surface area contributed by atoms with Gasteiger partial charge in [-0.2, -0.15) is 10.2 Å². The maximum atomic E-state index is 12.5. The second kappa shape index (κ2) is 8.16. The van der Waals surface area contributed by atoms with E-state index in [9.17, 15) is 4.79 Å². The highest BCUT2D eigenvalue weighted by Crippen LogP contribution is 2.21. The van der Waals surface area contributed by atoms with Crippen molar-refractivity contribution in [2.45, 2.75) is 18.9 Å². The zero-order valence-electron chi connectivity index (χ0n) is 14.2. The van der Waals surface area contributed by atoms with E-state index in [4.69, 9.17) is 0 Å². The molecule has 4 rings (SSSR count). The molecule has 1 amide bonds.